The lowest BCUT2D eigenvalue weighted by Crippen LogP contribution is -2.52. The van der Waals surface area contributed by atoms with Gasteiger partial charge in [0.2, 0.25) is 0 Å². The summed E-state index contributed by atoms with van der Waals surface area (Å²) < 4.78 is 0. The first-order valence-corrected chi connectivity index (χ1v) is 8.02. The average molecular weight is 306 g/mol. The SMILES string of the molecule is CC1(C)C2=NCC(C(=O)c3cccs3)CN2C(C)(C)N1[O]. The summed E-state index contributed by atoms with van der Waals surface area (Å²) in [6, 6.07) is 3.74. The summed E-state index contributed by atoms with van der Waals surface area (Å²) in [5.41, 5.74) is -1.31. The van der Waals surface area contributed by atoms with E-state index in [1.54, 1.807) is 0 Å². The van der Waals surface area contributed by atoms with Crippen molar-refractivity contribution in [3.05, 3.63) is 22.4 Å². The summed E-state index contributed by atoms with van der Waals surface area (Å²) in [6.07, 6.45) is 0. The maximum absolute atomic E-state index is 12.5. The number of carbonyl (C=O) groups excluding carboxylic acids is 1. The highest BCUT2D eigenvalue weighted by atomic mass is 32.1. The summed E-state index contributed by atoms with van der Waals surface area (Å²) in [5, 5.41) is 15.5. The number of aliphatic imine (C=N–C) groups is 1. The second kappa shape index (κ2) is 4.63. The van der Waals surface area contributed by atoms with Crippen LogP contribution in [0.3, 0.4) is 0 Å². The minimum atomic E-state index is -0.670. The molecule has 0 aliphatic carbocycles. The molecule has 113 valence electrons. The summed E-state index contributed by atoms with van der Waals surface area (Å²) in [4.78, 5) is 19.9. The quantitative estimate of drug-likeness (QED) is 0.789. The Bertz CT molecular complexity index is 592. The molecule has 2 aliphatic heterocycles. The standard InChI is InChI=1S/C15H20N3O2S/c1-14(2)13-16-8-10(12(19)11-6-5-7-21-11)9-17(13)15(3,4)18(14)20/h5-7,10H,8-9H2,1-4H3. The number of ketones is 1. The molecule has 0 saturated carbocycles. The number of fused-ring (bicyclic) bond motifs is 1. The van der Waals surface area contributed by atoms with Gasteiger partial charge in [-0.25, -0.2) is 0 Å². The molecule has 21 heavy (non-hydrogen) atoms. The van der Waals surface area contributed by atoms with Crippen molar-refractivity contribution in [1.82, 2.24) is 9.96 Å². The molecule has 0 aromatic carbocycles. The molecule has 0 N–H and O–H groups in total. The van der Waals surface area contributed by atoms with Gasteiger partial charge in [-0.05, 0) is 39.1 Å². The van der Waals surface area contributed by atoms with E-state index in [0.717, 1.165) is 15.8 Å². The van der Waals surface area contributed by atoms with Crippen LogP contribution in [0.4, 0.5) is 0 Å². The van der Waals surface area contributed by atoms with Gasteiger partial charge in [0, 0.05) is 6.54 Å². The van der Waals surface area contributed by atoms with E-state index >= 15 is 0 Å². The second-order valence-electron chi connectivity index (χ2n) is 6.66. The zero-order chi connectivity index (χ0) is 15.4. The highest BCUT2D eigenvalue weighted by Crippen LogP contribution is 2.40. The first kappa shape index (κ1) is 14.7. The maximum Gasteiger partial charge on any atom is 0.179 e. The Kier molecular flexibility index (Phi) is 3.24. The zero-order valence-corrected chi connectivity index (χ0v) is 13.6. The molecule has 1 aromatic heterocycles. The fourth-order valence-corrected chi connectivity index (χ4v) is 4.07. The van der Waals surface area contributed by atoms with E-state index in [-0.39, 0.29) is 11.7 Å². The van der Waals surface area contributed by atoms with E-state index in [2.05, 4.69) is 4.99 Å². The molecule has 3 rings (SSSR count). The molecule has 1 atom stereocenters. The van der Waals surface area contributed by atoms with Gasteiger partial charge in [0.05, 0.1) is 17.3 Å². The fraction of sp³-hybridized carbons (Fsp3) is 0.600. The van der Waals surface area contributed by atoms with Crippen molar-refractivity contribution in [2.24, 2.45) is 10.9 Å². The van der Waals surface area contributed by atoms with Crippen molar-refractivity contribution >= 4 is 23.0 Å². The minimum Gasteiger partial charge on any atom is -0.338 e. The predicted molar refractivity (Wildman–Crippen MR) is 81.8 cm³/mol. The lowest BCUT2D eigenvalue weighted by Gasteiger charge is -2.38. The van der Waals surface area contributed by atoms with Crippen LogP contribution in [0.5, 0.6) is 0 Å². The van der Waals surface area contributed by atoms with Crippen LogP contribution in [0.25, 0.3) is 0 Å². The maximum atomic E-state index is 12.5. The highest BCUT2D eigenvalue weighted by Gasteiger charge is 2.57. The average Bonchev–Trinajstić information content (AvgIpc) is 3.02. The Morgan fingerprint density at radius 3 is 2.71 bits per heavy atom. The van der Waals surface area contributed by atoms with E-state index in [1.165, 1.54) is 11.3 Å². The van der Waals surface area contributed by atoms with Crippen molar-refractivity contribution in [1.29, 1.82) is 0 Å². The molecule has 1 unspecified atom stereocenters. The monoisotopic (exact) mass is 306 g/mol. The second-order valence-corrected chi connectivity index (χ2v) is 7.61. The van der Waals surface area contributed by atoms with E-state index in [0.29, 0.717) is 13.1 Å². The Labute approximate surface area is 128 Å². The van der Waals surface area contributed by atoms with Crippen LogP contribution in [0, 0.1) is 5.92 Å². The van der Waals surface area contributed by atoms with Gasteiger partial charge < -0.3 is 4.90 Å². The van der Waals surface area contributed by atoms with Crippen molar-refractivity contribution in [2.75, 3.05) is 13.1 Å². The van der Waals surface area contributed by atoms with E-state index in [4.69, 9.17) is 0 Å². The number of hydrogen-bond donors (Lipinski definition) is 0. The van der Waals surface area contributed by atoms with Crippen LogP contribution < -0.4 is 0 Å². The molecule has 0 bridgehead atoms. The van der Waals surface area contributed by atoms with Crippen LogP contribution in [0.1, 0.15) is 37.4 Å². The van der Waals surface area contributed by atoms with Crippen LogP contribution in [0.2, 0.25) is 0 Å². The first-order valence-electron chi connectivity index (χ1n) is 7.14. The van der Waals surface area contributed by atoms with E-state index in [9.17, 15) is 10.0 Å². The van der Waals surface area contributed by atoms with Crippen molar-refractivity contribution < 1.29 is 10.0 Å². The molecular weight excluding hydrogens is 286 g/mol. The number of carbonyl (C=O) groups is 1. The van der Waals surface area contributed by atoms with Crippen molar-refractivity contribution in [2.45, 2.75) is 38.9 Å². The summed E-state index contributed by atoms with van der Waals surface area (Å²) >= 11 is 1.46. The van der Waals surface area contributed by atoms with Crippen LogP contribution in [0.15, 0.2) is 22.5 Å². The number of hydrogen-bond acceptors (Lipinski definition) is 5. The van der Waals surface area contributed by atoms with Gasteiger partial charge >= 0.3 is 0 Å². The van der Waals surface area contributed by atoms with Crippen molar-refractivity contribution in [3.8, 4) is 0 Å². The third-order valence-corrected chi connectivity index (χ3v) is 5.35. The molecule has 6 heteroatoms. The molecule has 1 fully saturated rings. The van der Waals surface area contributed by atoms with Crippen LogP contribution in [-0.2, 0) is 5.21 Å². The largest absolute Gasteiger partial charge is 0.338 e. The molecule has 1 aromatic rings. The normalized spacial score (nSPS) is 27.4. The molecule has 1 radical (unpaired) electrons. The van der Waals surface area contributed by atoms with Gasteiger partial charge in [-0.1, -0.05) is 6.07 Å². The minimum absolute atomic E-state index is 0.130. The van der Waals surface area contributed by atoms with Gasteiger partial charge in [-0.3, -0.25) is 9.79 Å². The number of rotatable bonds is 2. The molecule has 0 spiro atoms. The smallest absolute Gasteiger partial charge is 0.179 e. The predicted octanol–water partition coefficient (Wildman–Crippen LogP) is 2.44. The third kappa shape index (κ3) is 2.05. The lowest BCUT2D eigenvalue weighted by molar-refractivity contribution is -0.258. The fourth-order valence-electron chi connectivity index (χ4n) is 3.32. The zero-order valence-electron chi connectivity index (χ0n) is 12.8. The lowest BCUT2D eigenvalue weighted by atomic mass is 9.97. The van der Waals surface area contributed by atoms with Gasteiger partial charge in [0.25, 0.3) is 0 Å². The number of nitrogens with zero attached hydrogens (tertiary/aromatic N) is 3. The number of hydroxylamine groups is 2. The van der Waals surface area contributed by atoms with Crippen LogP contribution in [-0.4, -0.2) is 45.9 Å². The molecule has 5 nitrogen and oxygen atoms in total. The Morgan fingerprint density at radius 2 is 2.10 bits per heavy atom. The summed E-state index contributed by atoms with van der Waals surface area (Å²) in [5.74, 6) is 0.762. The summed E-state index contributed by atoms with van der Waals surface area (Å²) in [6.45, 7) is 8.59. The Morgan fingerprint density at radius 1 is 1.38 bits per heavy atom. The van der Waals surface area contributed by atoms with Crippen molar-refractivity contribution in [3.63, 3.8) is 0 Å². The number of Topliss-reactive ketones (excluding diaryl/α,β-unsaturated/α-hetero) is 1. The molecule has 3 heterocycles. The molecule has 2 aliphatic rings. The van der Waals surface area contributed by atoms with Gasteiger partial charge in [0.15, 0.2) is 5.78 Å². The third-order valence-electron chi connectivity index (χ3n) is 4.47. The molecule has 1 saturated heterocycles. The highest BCUT2D eigenvalue weighted by molar-refractivity contribution is 7.12. The van der Waals surface area contributed by atoms with E-state index in [1.807, 2.05) is 50.1 Å². The Balaban J connectivity index is 1.90. The van der Waals surface area contributed by atoms with Gasteiger partial charge in [-0.2, -0.15) is 0 Å². The summed E-state index contributed by atoms with van der Waals surface area (Å²) in [7, 11) is 0. The first-order chi connectivity index (χ1) is 9.76. The number of amidine groups is 1. The molecular formula is C15H20N3O2S. The Hall–Kier alpha value is -1.24. The van der Waals surface area contributed by atoms with Crippen LogP contribution >= 0.6 is 11.3 Å². The number of thiophene rings is 1. The molecule has 0 amide bonds. The van der Waals surface area contributed by atoms with E-state index < -0.39 is 11.2 Å². The van der Waals surface area contributed by atoms with Gasteiger partial charge in [-0.15, -0.1) is 21.6 Å². The topological polar surface area (TPSA) is 55.8 Å². The van der Waals surface area contributed by atoms with Gasteiger partial charge in [0.1, 0.15) is 17.0 Å².